The number of fused-ring (bicyclic) bond motifs is 1. The van der Waals surface area contributed by atoms with Gasteiger partial charge in [-0.1, -0.05) is 0 Å². The molecule has 0 bridgehead atoms. The summed E-state index contributed by atoms with van der Waals surface area (Å²) in [5.74, 6) is -0.137. The van der Waals surface area contributed by atoms with Crippen LogP contribution in [0.3, 0.4) is 0 Å². The lowest BCUT2D eigenvalue weighted by Crippen LogP contribution is -1.95. The molecule has 0 atom stereocenters. The summed E-state index contributed by atoms with van der Waals surface area (Å²) in [6, 6.07) is 2.55. The number of Topliss-reactive ketones (excluding diaryl/α,β-unsaturated/α-hetero) is 1. The standard InChI is InChI=1S/C10H7BrFNO2/c1-5(14)2-9-13-10-7(11)3-6(12)4-8(10)15-9/h3-4H,2H2,1H3. The summed E-state index contributed by atoms with van der Waals surface area (Å²) in [6.07, 6.45) is 0.128. The highest BCUT2D eigenvalue weighted by molar-refractivity contribution is 9.10. The van der Waals surface area contributed by atoms with E-state index < -0.39 is 5.82 Å². The van der Waals surface area contributed by atoms with Crippen molar-refractivity contribution >= 4 is 32.8 Å². The van der Waals surface area contributed by atoms with Crippen molar-refractivity contribution in [1.82, 2.24) is 4.98 Å². The van der Waals surface area contributed by atoms with E-state index >= 15 is 0 Å². The van der Waals surface area contributed by atoms with Gasteiger partial charge in [0.2, 0.25) is 5.89 Å². The van der Waals surface area contributed by atoms with Crippen molar-refractivity contribution in [2.24, 2.45) is 0 Å². The molecule has 0 aliphatic heterocycles. The molecule has 15 heavy (non-hydrogen) atoms. The van der Waals surface area contributed by atoms with Crippen LogP contribution >= 0.6 is 15.9 Å². The quantitative estimate of drug-likeness (QED) is 0.844. The van der Waals surface area contributed by atoms with Gasteiger partial charge in [0.25, 0.3) is 0 Å². The molecule has 2 rings (SSSR count). The third-order valence-corrected chi connectivity index (χ3v) is 2.46. The topological polar surface area (TPSA) is 43.1 Å². The van der Waals surface area contributed by atoms with E-state index in [1.54, 1.807) is 0 Å². The minimum Gasteiger partial charge on any atom is -0.440 e. The Balaban J connectivity index is 2.55. The molecule has 3 nitrogen and oxygen atoms in total. The first-order chi connectivity index (χ1) is 7.06. The maximum absolute atomic E-state index is 13.0. The Kier molecular flexibility index (Phi) is 2.56. The molecule has 0 saturated carbocycles. The third kappa shape index (κ3) is 2.07. The summed E-state index contributed by atoms with van der Waals surface area (Å²) in [7, 11) is 0. The van der Waals surface area contributed by atoms with Crippen LogP contribution in [0.2, 0.25) is 0 Å². The Hall–Kier alpha value is -1.23. The number of oxazole rings is 1. The summed E-state index contributed by atoms with van der Waals surface area (Å²) in [4.78, 5) is 14.9. The number of aromatic nitrogens is 1. The zero-order chi connectivity index (χ0) is 11.0. The smallest absolute Gasteiger partial charge is 0.202 e. The second-order valence-electron chi connectivity index (χ2n) is 3.22. The molecular formula is C10H7BrFNO2. The van der Waals surface area contributed by atoms with E-state index in [4.69, 9.17) is 4.42 Å². The van der Waals surface area contributed by atoms with Crippen molar-refractivity contribution in [1.29, 1.82) is 0 Å². The highest BCUT2D eigenvalue weighted by atomic mass is 79.9. The fourth-order valence-corrected chi connectivity index (χ4v) is 1.79. The largest absolute Gasteiger partial charge is 0.440 e. The van der Waals surface area contributed by atoms with Crippen molar-refractivity contribution in [2.75, 3.05) is 0 Å². The van der Waals surface area contributed by atoms with Crippen LogP contribution < -0.4 is 0 Å². The van der Waals surface area contributed by atoms with Crippen LogP contribution in [0.15, 0.2) is 21.0 Å². The summed E-state index contributed by atoms with van der Waals surface area (Å²) in [5.41, 5.74) is 0.880. The van der Waals surface area contributed by atoms with Gasteiger partial charge < -0.3 is 4.42 Å². The van der Waals surface area contributed by atoms with E-state index in [9.17, 15) is 9.18 Å². The molecule has 78 valence electrons. The van der Waals surface area contributed by atoms with Gasteiger partial charge in [0, 0.05) is 6.07 Å². The van der Waals surface area contributed by atoms with E-state index in [0.717, 1.165) is 0 Å². The normalized spacial score (nSPS) is 10.9. The van der Waals surface area contributed by atoms with Gasteiger partial charge in [0.15, 0.2) is 5.58 Å². The average molecular weight is 272 g/mol. The lowest BCUT2D eigenvalue weighted by Gasteiger charge is -1.90. The number of hydrogen-bond acceptors (Lipinski definition) is 3. The summed E-state index contributed by atoms with van der Waals surface area (Å²) in [5, 5.41) is 0. The van der Waals surface area contributed by atoms with E-state index in [0.29, 0.717) is 21.5 Å². The van der Waals surface area contributed by atoms with Crippen LogP contribution in [0, 0.1) is 5.82 Å². The van der Waals surface area contributed by atoms with E-state index in [1.807, 2.05) is 0 Å². The Labute approximate surface area is 93.4 Å². The van der Waals surface area contributed by atoms with Crippen LogP contribution in [-0.2, 0) is 11.2 Å². The number of ketones is 1. The van der Waals surface area contributed by atoms with Crippen LogP contribution in [0.5, 0.6) is 0 Å². The molecular weight excluding hydrogens is 265 g/mol. The molecule has 1 heterocycles. The Morgan fingerprint density at radius 3 is 3.00 bits per heavy atom. The highest BCUT2D eigenvalue weighted by Gasteiger charge is 2.11. The number of rotatable bonds is 2. The van der Waals surface area contributed by atoms with Crippen molar-refractivity contribution in [2.45, 2.75) is 13.3 Å². The maximum atomic E-state index is 13.0. The number of carbonyl (C=O) groups is 1. The lowest BCUT2D eigenvalue weighted by atomic mass is 10.3. The van der Waals surface area contributed by atoms with Crippen LogP contribution in [0.25, 0.3) is 11.1 Å². The van der Waals surface area contributed by atoms with Crippen molar-refractivity contribution in [3.63, 3.8) is 0 Å². The van der Waals surface area contributed by atoms with E-state index in [1.165, 1.54) is 19.1 Å². The molecule has 5 heteroatoms. The minimum atomic E-state index is -0.403. The molecule has 0 unspecified atom stereocenters. The van der Waals surface area contributed by atoms with Crippen LogP contribution in [0.1, 0.15) is 12.8 Å². The SMILES string of the molecule is CC(=O)Cc1nc2c(Br)cc(F)cc2o1. The predicted molar refractivity (Wildman–Crippen MR) is 56.1 cm³/mol. The molecule has 0 fully saturated rings. The first kappa shape index (κ1) is 10.3. The number of hydrogen-bond donors (Lipinski definition) is 0. The molecule has 0 spiro atoms. The van der Waals surface area contributed by atoms with Gasteiger partial charge >= 0.3 is 0 Å². The van der Waals surface area contributed by atoms with Gasteiger partial charge in [-0.25, -0.2) is 9.37 Å². The Morgan fingerprint density at radius 1 is 1.60 bits per heavy atom. The molecule has 1 aromatic carbocycles. The third-order valence-electron chi connectivity index (χ3n) is 1.86. The van der Waals surface area contributed by atoms with E-state index in [2.05, 4.69) is 20.9 Å². The zero-order valence-corrected chi connectivity index (χ0v) is 9.47. The minimum absolute atomic E-state index is 0.0434. The van der Waals surface area contributed by atoms with Gasteiger partial charge in [-0.15, -0.1) is 0 Å². The molecule has 0 N–H and O–H groups in total. The molecule has 1 aromatic heterocycles. The lowest BCUT2D eigenvalue weighted by molar-refractivity contribution is -0.116. The van der Waals surface area contributed by atoms with Crippen LogP contribution in [0.4, 0.5) is 4.39 Å². The fourth-order valence-electron chi connectivity index (χ4n) is 1.29. The molecule has 0 saturated heterocycles. The molecule has 0 aliphatic rings. The highest BCUT2D eigenvalue weighted by Crippen LogP contribution is 2.25. The van der Waals surface area contributed by atoms with Gasteiger partial charge in [-0.3, -0.25) is 4.79 Å². The first-order valence-corrected chi connectivity index (χ1v) is 5.09. The second kappa shape index (κ2) is 3.73. The van der Waals surface area contributed by atoms with Crippen molar-refractivity contribution < 1.29 is 13.6 Å². The van der Waals surface area contributed by atoms with E-state index in [-0.39, 0.29) is 12.2 Å². The maximum Gasteiger partial charge on any atom is 0.202 e. The van der Waals surface area contributed by atoms with Crippen molar-refractivity contribution in [3.8, 4) is 0 Å². The predicted octanol–water partition coefficient (Wildman–Crippen LogP) is 2.86. The summed E-state index contributed by atoms with van der Waals surface area (Å²) in [6.45, 7) is 1.45. The van der Waals surface area contributed by atoms with Gasteiger partial charge in [0.1, 0.15) is 17.1 Å². The zero-order valence-electron chi connectivity index (χ0n) is 7.88. The van der Waals surface area contributed by atoms with Crippen LogP contribution in [-0.4, -0.2) is 10.8 Å². The molecule has 0 amide bonds. The summed E-state index contributed by atoms with van der Waals surface area (Å²) < 4.78 is 18.7. The Bertz CT molecular complexity index is 535. The number of halogens is 2. The molecule has 0 aliphatic carbocycles. The second-order valence-corrected chi connectivity index (χ2v) is 4.08. The van der Waals surface area contributed by atoms with Gasteiger partial charge in [0.05, 0.1) is 10.9 Å². The Morgan fingerprint density at radius 2 is 2.33 bits per heavy atom. The average Bonchev–Trinajstić information content (AvgIpc) is 2.45. The number of benzene rings is 1. The monoisotopic (exact) mass is 271 g/mol. The number of carbonyl (C=O) groups excluding carboxylic acids is 1. The van der Waals surface area contributed by atoms with Gasteiger partial charge in [-0.2, -0.15) is 0 Å². The van der Waals surface area contributed by atoms with Crippen molar-refractivity contribution in [3.05, 3.63) is 28.3 Å². The summed E-state index contributed by atoms with van der Waals surface area (Å²) >= 11 is 3.18. The fraction of sp³-hybridized carbons (Fsp3) is 0.200. The molecule has 2 aromatic rings. The molecule has 0 radical (unpaired) electrons. The number of nitrogens with zero attached hydrogens (tertiary/aromatic N) is 1. The first-order valence-electron chi connectivity index (χ1n) is 4.30. The van der Waals surface area contributed by atoms with Gasteiger partial charge in [-0.05, 0) is 28.9 Å².